The molecule has 0 heterocycles. The number of amides is 1. The first kappa shape index (κ1) is 19.3. The zero-order valence-corrected chi connectivity index (χ0v) is 14.1. The smallest absolute Gasteiger partial charge is 0.277 e. The summed E-state index contributed by atoms with van der Waals surface area (Å²) in [5.41, 5.74) is -0.301. The molecule has 0 aliphatic carbocycles. The van der Waals surface area contributed by atoms with Crippen LogP contribution in [0.25, 0.3) is 0 Å². The molecule has 0 saturated heterocycles. The van der Waals surface area contributed by atoms with Crippen molar-refractivity contribution in [2.45, 2.75) is 6.61 Å². The number of nitrogens with zero attached hydrogens (tertiary/aromatic N) is 2. The minimum Gasteiger partial charge on any atom is -0.375 e. The van der Waals surface area contributed by atoms with Crippen molar-refractivity contribution in [2.24, 2.45) is 0 Å². The predicted molar refractivity (Wildman–Crippen MR) is 93.2 cm³/mol. The molecular weight excluding hydrogens is 366 g/mol. The van der Waals surface area contributed by atoms with Gasteiger partial charge in [-0.05, 0) is 17.7 Å². The highest BCUT2D eigenvalue weighted by Gasteiger charge is 2.19. The quantitative estimate of drug-likeness (QED) is 0.426. The molecule has 26 heavy (non-hydrogen) atoms. The molecule has 0 radical (unpaired) electrons. The number of nitrogens with one attached hydrogen (secondary N) is 1. The first-order valence-electron chi connectivity index (χ1n) is 7.41. The lowest BCUT2D eigenvalue weighted by molar-refractivity contribution is -0.394. The van der Waals surface area contributed by atoms with E-state index in [-0.39, 0.29) is 18.7 Å². The second-order valence-corrected chi connectivity index (χ2v) is 5.62. The molecule has 0 atom stereocenters. The summed E-state index contributed by atoms with van der Waals surface area (Å²) in [6, 6.07) is 9.85. The Morgan fingerprint density at radius 2 is 1.62 bits per heavy atom. The van der Waals surface area contributed by atoms with Crippen LogP contribution >= 0.6 is 11.6 Å². The minimum absolute atomic E-state index is 0.142. The molecule has 2 aromatic rings. The SMILES string of the molecule is O=C(NCCOCc1ccc(Cl)cc1)c1cc([N+](=O)[O-])cc([N+](=O)[O-])c1. The summed E-state index contributed by atoms with van der Waals surface area (Å²) in [5.74, 6) is -0.660. The fourth-order valence-corrected chi connectivity index (χ4v) is 2.17. The van der Waals surface area contributed by atoms with Gasteiger partial charge >= 0.3 is 0 Å². The summed E-state index contributed by atoms with van der Waals surface area (Å²) in [5, 5.41) is 24.8. The van der Waals surface area contributed by atoms with E-state index < -0.39 is 27.1 Å². The van der Waals surface area contributed by atoms with Gasteiger partial charge in [0.2, 0.25) is 0 Å². The van der Waals surface area contributed by atoms with E-state index in [2.05, 4.69) is 5.32 Å². The molecule has 1 amide bonds. The van der Waals surface area contributed by atoms with Gasteiger partial charge in [0.15, 0.2) is 0 Å². The van der Waals surface area contributed by atoms with E-state index in [1.807, 2.05) is 12.1 Å². The van der Waals surface area contributed by atoms with Crippen molar-refractivity contribution in [1.29, 1.82) is 0 Å². The maximum atomic E-state index is 12.0. The number of hydrogen-bond donors (Lipinski definition) is 1. The third kappa shape index (κ3) is 5.50. The lowest BCUT2D eigenvalue weighted by atomic mass is 10.1. The van der Waals surface area contributed by atoms with Gasteiger partial charge in [-0.1, -0.05) is 23.7 Å². The second kappa shape index (κ2) is 8.88. The third-order valence-electron chi connectivity index (χ3n) is 3.30. The van der Waals surface area contributed by atoms with E-state index in [1.54, 1.807) is 12.1 Å². The Labute approximate surface area is 152 Å². The van der Waals surface area contributed by atoms with Crippen molar-refractivity contribution in [2.75, 3.05) is 13.2 Å². The van der Waals surface area contributed by atoms with Gasteiger partial charge in [0, 0.05) is 23.7 Å². The Balaban J connectivity index is 1.88. The summed E-state index contributed by atoms with van der Waals surface area (Å²) >= 11 is 5.78. The van der Waals surface area contributed by atoms with Crippen molar-refractivity contribution in [3.8, 4) is 0 Å². The standard InChI is InChI=1S/C16H14ClN3O6/c17-13-3-1-11(2-4-13)10-26-6-5-18-16(21)12-7-14(19(22)23)9-15(8-12)20(24)25/h1-4,7-9H,5-6,10H2,(H,18,21). The van der Waals surface area contributed by atoms with Crippen LogP contribution in [0.3, 0.4) is 0 Å². The number of nitro groups is 2. The molecular formula is C16H14ClN3O6. The van der Waals surface area contributed by atoms with E-state index in [0.717, 1.165) is 23.8 Å². The summed E-state index contributed by atoms with van der Waals surface area (Å²) in [6.07, 6.45) is 0. The normalized spacial score (nSPS) is 10.3. The number of non-ortho nitro benzene ring substituents is 2. The third-order valence-corrected chi connectivity index (χ3v) is 3.55. The number of halogens is 1. The Morgan fingerprint density at radius 1 is 1.04 bits per heavy atom. The fourth-order valence-electron chi connectivity index (χ4n) is 2.05. The molecule has 0 bridgehead atoms. The van der Waals surface area contributed by atoms with E-state index in [9.17, 15) is 25.0 Å². The van der Waals surface area contributed by atoms with Gasteiger partial charge in [-0.2, -0.15) is 0 Å². The average molecular weight is 380 g/mol. The van der Waals surface area contributed by atoms with Crippen LogP contribution in [0.4, 0.5) is 11.4 Å². The van der Waals surface area contributed by atoms with E-state index in [1.165, 1.54) is 0 Å². The maximum absolute atomic E-state index is 12.0. The van der Waals surface area contributed by atoms with Crippen molar-refractivity contribution >= 4 is 28.9 Å². The van der Waals surface area contributed by atoms with Gasteiger partial charge in [0.05, 0.1) is 34.7 Å². The monoisotopic (exact) mass is 379 g/mol. The van der Waals surface area contributed by atoms with Crippen LogP contribution in [0.15, 0.2) is 42.5 Å². The van der Waals surface area contributed by atoms with Crippen LogP contribution < -0.4 is 5.32 Å². The first-order valence-corrected chi connectivity index (χ1v) is 7.79. The highest BCUT2D eigenvalue weighted by Crippen LogP contribution is 2.22. The molecule has 0 saturated carbocycles. The summed E-state index contributed by atoms with van der Waals surface area (Å²) in [6.45, 7) is 0.670. The zero-order valence-electron chi connectivity index (χ0n) is 13.4. The molecule has 10 heteroatoms. The van der Waals surface area contributed by atoms with Gasteiger partial charge < -0.3 is 10.1 Å². The van der Waals surface area contributed by atoms with Crippen LogP contribution in [0.5, 0.6) is 0 Å². The number of ether oxygens (including phenoxy) is 1. The van der Waals surface area contributed by atoms with Gasteiger partial charge in [0.25, 0.3) is 17.3 Å². The highest BCUT2D eigenvalue weighted by atomic mass is 35.5. The van der Waals surface area contributed by atoms with Crippen molar-refractivity contribution in [1.82, 2.24) is 5.32 Å². The lowest BCUT2D eigenvalue weighted by Gasteiger charge is -2.07. The first-order chi connectivity index (χ1) is 12.4. The summed E-state index contributed by atoms with van der Waals surface area (Å²) < 4.78 is 5.40. The van der Waals surface area contributed by atoms with E-state index >= 15 is 0 Å². The molecule has 0 aliphatic heterocycles. The largest absolute Gasteiger partial charge is 0.375 e. The molecule has 0 unspecified atom stereocenters. The zero-order chi connectivity index (χ0) is 19.1. The van der Waals surface area contributed by atoms with E-state index in [0.29, 0.717) is 11.6 Å². The molecule has 0 aliphatic rings. The molecule has 2 aromatic carbocycles. The Kier molecular flexibility index (Phi) is 6.59. The molecule has 9 nitrogen and oxygen atoms in total. The van der Waals surface area contributed by atoms with Gasteiger partial charge in [-0.25, -0.2) is 0 Å². The number of hydrogen-bond acceptors (Lipinski definition) is 6. The Morgan fingerprint density at radius 3 is 2.15 bits per heavy atom. The number of carbonyl (C=O) groups is 1. The number of carbonyl (C=O) groups excluding carboxylic acids is 1. The van der Waals surface area contributed by atoms with Crippen molar-refractivity contribution in [3.05, 3.63) is 78.8 Å². The minimum atomic E-state index is -0.793. The van der Waals surface area contributed by atoms with Gasteiger partial charge in [0.1, 0.15) is 0 Å². The maximum Gasteiger partial charge on any atom is 0.277 e. The topological polar surface area (TPSA) is 125 Å². The summed E-state index contributed by atoms with van der Waals surface area (Å²) in [4.78, 5) is 32.1. The van der Waals surface area contributed by atoms with E-state index in [4.69, 9.17) is 16.3 Å². The molecule has 0 spiro atoms. The number of nitro benzene ring substituents is 2. The molecule has 0 fully saturated rings. The lowest BCUT2D eigenvalue weighted by Crippen LogP contribution is -2.27. The van der Waals surface area contributed by atoms with Crippen LogP contribution in [-0.4, -0.2) is 28.9 Å². The highest BCUT2D eigenvalue weighted by molar-refractivity contribution is 6.30. The van der Waals surface area contributed by atoms with Gasteiger partial charge in [-0.3, -0.25) is 25.0 Å². The number of rotatable bonds is 8. The predicted octanol–water partition coefficient (Wildman–Crippen LogP) is 3.10. The molecule has 2 rings (SSSR count). The van der Waals surface area contributed by atoms with Crippen molar-refractivity contribution in [3.63, 3.8) is 0 Å². The summed E-state index contributed by atoms with van der Waals surface area (Å²) in [7, 11) is 0. The van der Waals surface area contributed by atoms with Gasteiger partial charge in [-0.15, -0.1) is 0 Å². The van der Waals surface area contributed by atoms with Crippen LogP contribution in [-0.2, 0) is 11.3 Å². The van der Waals surface area contributed by atoms with Crippen molar-refractivity contribution < 1.29 is 19.4 Å². The number of benzene rings is 2. The van der Waals surface area contributed by atoms with Crippen LogP contribution in [0.2, 0.25) is 5.02 Å². The Bertz CT molecular complexity index is 793. The van der Waals surface area contributed by atoms with Crippen LogP contribution in [0.1, 0.15) is 15.9 Å². The van der Waals surface area contributed by atoms with Crippen LogP contribution in [0, 0.1) is 20.2 Å². The molecule has 1 N–H and O–H groups in total. The Hall–Kier alpha value is -3.04. The molecule has 136 valence electrons. The average Bonchev–Trinajstić information content (AvgIpc) is 2.62. The second-order valence-electron chi connectivity index (χ2n) is 5.19. The molecule has 0 aromatic heterocycles. The fraction of sp³-hybridized carbons (Fsp3) is 0.188.